The summed E-state index contributed by atoms with van der Waals surface area (Å²) < 4.78 is 0.679. The summed E-state index contributed by atoms with van der Waals surface area (Å²) in [6.45, 7) is 5.34. The van der Waals surface area contributed by atoms with E-state index in [0.717, 1.165) is 36.3 Å². The predicted octanol–water partition coefficient (Wildman–Crippen LogP) is -3.87. The van der Waals surface area contributed by atoms with E-state index < -0.39 is 46.3 Å². The second kappa shape index (κ2) is 15.3. The molecule has 3 saturated heterocycles. The van der Waals surface area contributed by atoms with Crippen LogP contribution in [0.3, 0.4) is 0 Å². The van der Waals surface area contributed by atoms with Gasteiger partial charge in [0.15, 0.2) is 27.9 Å². The van der Waals surface area contributed by atoms with Crippen LogP contribution in [0.2, 0.25) is 5.02 Å². The van der Waals surface area contributed by atoms with Gasteiger partial charge in [-0.3, -0.25) is 29.6 Å². The molecule has 1 aromatic carbocycles. The molecule has 280 valence electrons. The Bertz CT molecular complexity index is 2040. The number of anilines is 1. The molecule has 19 nitrogen and oxygen atoms in total. The van der Waals surface area contributed by atoms with Crippen molar-refractivity contribution in [1.29, 1.82) is 0 Å². The number of piperazine rings is 1. The molecule has 0 bridgehead atoms. The summed E-state index contributed by atoms with van der Waals surface area (Å²) in [7, 11) is 0. The number of halogens is 1. The number of aromatic nitrogens is 5. The molecule has 3 fully saturated rings. The monoisotopic (exact) mass is 809 g/mol. The number of carboxylic acids is 1. The third-order valence-electron chi connectivity index (χ3n) is 9.95. The van der Waals surface area contributed by atoms with Gasteiger partial charge in [-0.2, -0.15) is 5.21 Å². The van der Waals surface area contributed by atoms with E-state index in [0.29, 0.717) is 42.1 Å². The Morgan fingerprint density at radius 2 is 2.06 bits per heavy atom. The van der Waals surface area contributed by atoms with E-state index in [9.17, 15) is 34.5 Å². The smallest absolute Gasteiger partial charge is 0.546 e. The third kappa shape index (κ3) is 7.25. The van der Waals surface area contributed by atoms with Crippen molar-refractivity contribution in [2.45, 2.75) is 49.7 Å². The summed E-state index contributed by atoms with van der Waals surface area (Å²) in [5.74, 6) is -3.44. The number of aliphatic carboxylic acids is 1. The van der Waals surface area contributed by atoms with Crippen LogP contribution in [-0.4, -0.2) is 136 Å². The first kappa shape index (κ1) is 39.7. The Balaban J connectivity index is 0.00000497. The first-order chi connectivity index (χ1) is 25.2. The summed E-state index contributed by atoms with van der Waals surface area (Å²) in [5, 5.41) is 54.3. The van der Waals surface area contributed by atoms with Gasteiger partial charge in [-0.25, -0.2) is 4.98 Å². The minimum Gasteiger partial charge on any atom is -0.546 e. The molecule has 0 radical (unpaired) electrons. The molecule has 54 heavy (non-hydrogen) atoms. The zero-order valence-electron chi connectivity index (χ0n) is 29.3. The maximum atomic E-state index is 13.9. The number of hydrogen-bond acceptors (Lipinski definition) is 16. The number of benzene rings is 1. The molecule has 2 aromatic heterocycles. The van der Waals surface area contributed by atoms with Crippen molar-refractivity contribution >= 4 is 74.9 Å². The number of nitrogens with one attached hydrogen (secondary N) is 1. The number of phenolic OH excluding ortho intramolecular Hbond substituents is 2. The molecular formula is C31H33ClN11NaO8S2. The van der Waals surface area contributed by atoms with Crippen molar-refractivity contribution in [2.75, 3.05) is 44.2 Å². The van der Waals surface area contributed by atoms with E-state index in [1.807, 2.05) is 0 Å². The fourth-order valence-corrected chi connectivity index (χ4v) is 9.23. The number of thioether (sulfide) groups is 1. The number of amides is 3. The molecule has 23 heteroatoms. The number of β-lactam (4-membered cyclic amide) rings is 1. The Morgan fingerprint density at radius 3 is 2.72 bits per heavy atom. The molecule has 6 heterocycles. The van der Waals surface area contributed by atoms with E-state index in [4.69, 9.17) is 22.2 Å². The van der Waals surface area contributed by atoms with Crippen LogP contribution in [0.1, 0.15) is 48.6 Å². The first-order valence-corrected chi connectivity index (χ1v) is 18.7. The van der Waals surface area contributed by atoms with Crippen LogP contribution in [0.5, 0.6) is 11.5 Å². The SMILES string of the molecule is CC(C)(O/N=C(\C(=O)N[C@@H]1C(=O)N2C(c3nnn[n-]3)=C(C[N+]34CCC[C@H]3CN(C(=O)c3cc(O)c(O)c(Cl)c3)CC4)CS[C@H]12)c1csc(N)n1)C(=O)[O-].[Na+]. The number of carboxylic acid groups (broad SMARTS) is 1. The standard InChI is InChI=1S/C31H34ClN11O8S2.Na/c1-31(2,29(49)50)51-38-20(18-13-53-30(33)34-18)25(46)35-21-27(48)42-22(24-36-39-40-37-24)15(12-52-28(21)42)11-43-6-3-4-16(43)10-41(5-7-43)26(47)14-8-17(32)23(45)19(44)9-14;/h8-9,13,16,21,28H,3-7,10-12H2,1-2H3,(H6-,33,34,35,36,37,38,39,40,44,45,46,47,49,50);/q;+1/p-1/t16-,21+,28+,43?;/m0./s1. The number of phenols is 2. The number of nitrogen functional groups attached to an aromatic ring is 1. The number of rotatable bonds is 10. The van der Waals surface area contributed by atoms with Gasteiger partial charge >= 0.3 is 29.6 Å². The van der Waals surface area contributed by atoms with Crippen molar-refractivity contribution < 1.29 is 73.4 Å². The van der Waals surface area contributed by atoms with Gasteiger partial charge in [0.05, 0.1) is 48.7 Å². The Hall–Kier alpha value is -3.99. The zero-order chi connectivity index (χ0) is 37.8. The quantitative estimate of drug-likeness (QED) is 0.0381. The number of hydrogen-bond donors (Lipinski definition) is 4. The van der Waals surface area contributed by atoms with Crippen molar-refractivity contribution in [3.05, 3.63) is 45.2 Å². The molecule has 4 atom stereocenters. The molecule has 0 saturated carbocycles. The van der Waals surface area contributed by atoms with Gasteiger partial charge < -0.3 is 50.5 Å². The van der Waals surface area contributed by atoms with E-state index in [1.54, 1.807) is 4.90 Å². The molecule has 3 amide bonds. The molecule has 3 aromatic rings. The average Bonchev–Trinajstić information content (AvgIpc) is 3.90. The van der Waals surface area contributed by atoms with Crippen LogP contribution >= 0.6 is 34.7 Å². The fraction of sp³-hybridized carbons (Fsp3) is 0.452. The van der Waals surface area contributed by atoms with Crippen molar-refractivity contribution in [3.63, 3.8) is 0 Å². The van der Waals surface area contributed by atoms with Crippen LogP contribution in [-0.2, 0) is 19.2 Å². The Labute approximate surface area is 342 Å². The van der Waals surface area contributed by atoms with Gasteiger partial charge in [0.25, 0.3) is 17.7 Å². The number of nitrogens with two attached hydrogens (primary N) is 1. The number of oxime groups is 1. The predicted molar refractivity (Wildman–Crippen MR) is 187 cm³/mol. The number of carbonyl (C=O) groups excluding carboxylic acids is 4. The van der Waals surface area contributed by atoms with E-state index in [2.05, 4.69) is 36.1 Å². The molecule has 4 aliphatic rings. The van der Waals surface area contributed by atoms with Crippen LogP contribution in [0, 0.1) is 0 Å². The number of nitrogens with zero attached hydrogens (tertiary/aromatic N) is 9. The molecule has 0 aliphatic carbocycles. The minimum absolute atomic E-state index is 0. The van der Waals surface area contributed by atoms with Gasteiger partial charge in [-0.05, 0) is 26.0 Å². The van der Waals surface area contributed by atoms with Crippen molar-refractivity contribution in [2.24, 2.45) is 5.16 Å². The van der Waals surface area contributed by atoms with Crippen LogP contribution in [0.25, 0.3) is 5.70 Å². The van der Waals surface area contributed by atoms with E-state index in [1.165, 1.54) is 48.0 Å². The average molecular weight is 810 g/mol. The van der Waals surface area contributed by atoms with Gasteiger partial charge in [0, 0.05) is 35.1 Å². The summed E-state index contributed by atoms with van der Waals surface area (Å²) in [6.07, 6.45) is 1.80. The zero-order valence-corrected chi connectivity index (χ0v) is 33.7. The Morgan fingerprint density at radius 1 is 1.28 bits per heavy atom. The molecule has 0 spiro atoms. The maximum Gasteiger partial charge on any atom is 1.00 e. The number of aromatic hydroxyl groups is 2. The fourth-order valence-electron chi connectivity index (χ4n) is 7.13. The van der Waals surface area contributed by atoms with E-state index in [-0.39, 0.29) is 74.5 Å². The second-order valence-corrected chi connectivity index (χ2v) is 16.0. The largest absolute Gasteiger partial charge is 1.00 e. The number of fused-ring (bicyclic) bond motifs is 2. The molecule has 4 aliphatic heterocycles. The molecule has 7 rings (SSSR count). The summed E-state index contributed by atoms with van der Waals surface area (Å²) in [6, 6.07) is 1.64. The van der Waals surface area contributed by atoms with Crippen LogP contribution in [0.15, 0.2) is 28.2 Å². The number of tetrazole rings is 1. The van der Waals surface area contributed by atoms with Crippen molar-refractivity contribution in [3.8, 4) is 11.5 Å². The summed E-state index contributed by atoms with van der Waals surface area (Å²) >= 11 is 8.52. The minimum atomic E-state index is -1.87. The molecule has 1 unspecified atom stereocenters. The van der Waals surface area contributed by atoms with Gasteiger partial charge in [-0.1, -0.05) is 16.8 Å². The van der Waals surface area contributed by atoms with Gasteiger partial charge in [0.2, 0.25) is 0 Å². The van der Waals surface area contributed by atoms with Crippen LogP contribution in [0.4, 0.5) is 5.13 Å². The number of quaternary nitrogens is 1. The molecule has 5 N–H and O–H groups in total. The summed E-state index contributed by atoms with van der Waals surface area (Å²) in [4.78, 5) is 64.9. The van der Waals surface area contributed by atoms with Gasteiger partial charge in [0.1, 0.15) is 29.7 Å². The second-order valence-electron chi connectivity index (χ2n) is 13.6. The first-order valence-electron chi connectivity index (χ1n) is 16.4. The number of thiazole rings is 1. The normalized spacial score (nSPS) is 23.9. The maximum absolute atomic E-state index is 13.9. The van der Waals surface area contributed by atoms with Gasteiger partial charge in [-0.15, -0.1) is 23.1 Å². The topological polar surface area (TPSA) is 264 Å². The van der Waals surface area contributed by atoms with Crippen molar-refractivity contribution in [1.82, 2.24) is 40.7 Å². The summed E-state index contributed by atoms with van der Waals surface area (Å²) in [5.41, 5.74) is 5.11. The Kier molecular flexibility index (Phi) is 11.2. The number of carbonyl (C=O) groups is 4. The third-order valence-corrected chi connectivity index (χ3v) is 12.2. The molecular weight excluding hydrogens is 777 g/mol. The van der Waals surface area contributed by atoms with E-state index >= 15 is 0 Å². The van der Waals surface area contributed by atoms with Crippen LogP contribution < -0.4 is 50.8 Å².